The van der Waals surface area contributed by atoms with Crippen LogP contribution in [-0.2, 0) is 0 Å². The van der Waals surface area contributed by atoms with Crippen molar-refractivity contribution in [2.45, 2.75) is 26.9 Å². The third-order valence-electron chi connectivity index (χ3n) is 8.48. The van der Waals surface area contributed by atoms with Gasteiger partial charge in [0.25, 0.3) is 0 Å². The highest BCUT2D eigenvalue weighted by molar-refractivity contribution is 7.26. The number of amidine groups is 2. The van der Waals surface area contributed by atoms with Gasteiger partial charge in [0, 0.05) is 67.3 Å². The van der Waals surface area contributed by atoms with Crippen molar-refractivity contribution in [2.24, 2.45) is 15.9 Å². The SMILES string of the molecule is CC.CC1C=CC=CC(C2N=C(c3ccccc3)N=C(c3cccc4sc5c(-c6cncc7ccccc67)cccc5c34)N2C)=C1. The lowest BCUT2D eigenvalue weighted by Crippen LogP contribution is -2.41. The van der Waals surface area contributed by atoms with Gasteiger partial charge in [0.2, 0.25) is 0 Å². The Balaban J connectivity index is 0.00000166. The van der Waals surface area contributed by atoms with Gasteiger partial charge in [0.1, 0.15) is 12.0 Å². The quantitative estimate of drug-likeness (QED) is 0.198. The molecule has 8 rings (SSSR count). The van der Waals surface area contributed by atoms with Crippen molar-refractivity contribution in [2.75, 3.05) is 7.05 Å². The van der Waals surface area contributed by atoms with Crippen LogP contribution in [0.1, 0.15) is 31.9 Å². The molecule has 2 unspecified atom stereocenters. The highest BCUT2D eigenvalue weighted by Crippen LogP contribution is 2.43. The van der Waals surface area contributed by atoms with E-state index in [1.807, 2.05) is 55.8 Å². The van der Waals surface area contributed by atoms with Gasteiger partial charge in [-0.2, -0.15) is 0 Å². The summed E-state index contributed by atoms with van der Waals surface area (Å²) in [5.74, 6) is 1.99. The third-order valence-corrected chi connectivity index (χ3v) is 9.68. The largest absolute Gasteiger partial charge is 0.333 e. The zero-order valence-corrected chi connectivity index (χ0v) is 27.4. The van der Waals surface area contributed by atoms with E-state index in [0.29, 0.717) is 5.92 Å². The van der Waals surface area contributed by atoms with Crippen LogP contribution in [0.2, 0.25) is 0 Å². The Labute approximate surface area is 274 Å². The molecule has 4 aromatic carbocycles. The lowest BCUT2D eigenvalue weighted by Gasteiger charge is -2.33. The number of pyridine rings is 1. The fourth-order valence-corrected chi connectivity index (χ4v) is 7.63. The summed E-state index contributed by atoms with van der Waals surface area (Å²) < 4.78 is 2.50. The van der Waals surface area contributed by atoms with Crippen LogP contribution in [0.3, 0.4) is 0 Å². The molecule has 2 aromatic heterocycles. The number of aliphatic imine (C=N–C) groups is 2. The zero-order chi connectivity index (χ0) is 31.6. The third kappa shape index (κ3) is 5.27. The Morgan fingerprint density at radius 3 is 2.37 bits per heavy atom. The predicted octanol–water partition coefficient (Wildman–Crippen LogP) is 10.4. The van der Waals surface area contributed by atoms with Crippen LogP contribution in [0.25, 0.3) is 42.1 Å². The van der Waals surface area contributed by atoms with E-state index < -0.39 is 0 Å². The molecule has 6 aromatic rings. The van der Waals surface area contributed by atoms with Gasteiger partial charge in [-0.3, -0.25) is 4.98 Å². The lowest BCUT2D eigenvalue weighted by molar-refractivity contribution is 0.420. The van der Waals surface area contributed by atoms with E-state index in [-0.39, 0.29) is 6.17 Å². The van der Waals surface area contributed by atoms with Crippen LogP contribution >= 0.6 is 11.3 Å². The first-order valence-electron chi connectivity index (χ1n) is 15.9. The Morgan fingerprint density at radius 2 is 1.50 bits per heavy atom. The summed E-state index contributed by atoms with van der Waals surface area (Å²) in [5.41, 5.74) is 5.65. The molecule has 0 amide bonds. The number of thiophene rings is 1. The van der Waals surface area contributed by atoms with Crippen molar-refractivity contribution in [3.63, 3.8) is 0 Å². The summed E-state index contributed by atoms with van der Waals surface area (Å²) in [6.07, 6.45) is 14.7. The second kappa shape index (κ2) is 12.7. The number of allylic oxidation sites excluding steroid dienone is 4. The van der Waals surface area contributed by atoms with Crippen LogP contribution in [0.5, 0.6) is 0 Å². The van der Waals surface area contributed by atoms with Gasteiger partial charge in [0.05, 0.1) is 0 Å². The van der Waals surface area contributed by atoms with Crippen molar-refractivity contribution >= 4 is 54.0 Å². The average molecular weight is 617 g/mol. The Kier molecular flexibility index (Phi) is 8.17. The molecule has 226 valence electrons. The Morgan fingerprint density at radius 1 is 0.739 bits per heavy atom. The molecule has 2 atom stereocenters. The highest BCUT2D eigenvalue weighted by Gasteiger charge is 2.29. The summed E-state index contributed by atoms with van der Waals surface area (Å²) >= 11 is 1.84. The van der Waals surface area contributed by atoms with Crippen molar-refractivity contribution in [1.82, 2.24) is 9.88 Å². The first kappa shape index (κ1) is 29.6. The maximum Gasteiger partial charge on any atom is 0.159 e. The van der Waals surface area contributed by atoms with E-state index in [1.54, 1.807) is 0 Å². The molecule has 0 N–H and O–H groups in total. The van der Waals surface area contributed by atoms with E-state index in [1.165, 1.54) is 36.7 Å². The summed E-state index contributed by atoms with van der Waals surface area (Å²) in [5, 5.41) is 4.81. The van der Waals surface area contributed by atoms with Gasteiger partial charge in [-0.25, -0.2) is 9.98 Å². The molecule has 0 radical (unpaired) electrons. The molecule has 0 fully saturated rings. The van der Waals surface area contributed by atoms with Crippen molar-refractivity contribution in [3.8, 4) is 11.1 Å². The van der Waals surface area contributed by atoms with Crippen molar-refractivity contribution in [3.05, 3.63) is 150 Å². The molecule has 0 spiro atoms. The second-order valence-electron chi connectivity index (χ2n) is 11.4. The molecule has 3 heterocycles. The van der Waals surface area contributed by atoms with Crippen LogP contribution in [-0.4, -0.2) is 34.8 Å². The van der Waals surface area contributed by atoms with E-state index in [0.717, 1.165) is 33.7 Å². The minimum absolute atomic E-state index is 0.200. The highest BCUT2D eigenvalue weighted by atomic mass is 32.1. The minimum atomic E-state index is -0.200. The topological polar surface area (TPSA) is 40.9 Å². The Bertz CT molecular complexity index is 2210. The van der Waals surface area contributed by atoms with Gasteiger partial charge in [-0.1, -0.05) is 136 Å². The molecule has 46 heavy (non-hydrogen) atoms. The molecule has 4 nitrogen and oxygen atoms in total. The molecule has 0 bridgehead atoms. The maximum absolute atomic E-state index is 5.27. The monoisotopic (exact) mass is 616 g/mol. The normalized spacial score (nSPS) is 17.7. The van der Waals surface area contributed by atoms with Crippen LogP contribution in [0, 0.1) is 5.92 Å². The fourth-order valence-electron chi connectivity index (χ4n) is 6.37. The molecule has 1 aliphatic carbocycles. The van der Waals surface area contributed by atoms with E-state index in [9.17, 15) is 0 Å². The number of rotatable bonds is 4. The van der Waals surface area contributed by atoms with Gasteiger partial charge in [0.15, 0.2) is 5.84 Å². The number of benzene rings is 4. The van der Waals surface area contributed by atoms with E-state index in [2.05, 4.69) is 127 Å². The first-order valence-corrected chi connectivity index (χ1v) is 16.8. The number of hydrogen-bond donors (Lipinski definition) is 0. The lowest BCUT2D eigenvalue weighted by atomic mass is 9.97. The second-order valence-corrected chi connectivity index (χ2v) is 12.4. The van der Waals surface area contributed by atoms with Gasteiger partial charge < -0.3 is 4.90 Å². The molecule has 5 heteroatoms. The number of likely N-dealkylation sites (N-methyl/N-ethyl adjacent to an activating group) is 1. The summed E-state index contributed by atoms with van der Waals surface area (Å²) in [6, 6.07) is 32.0. The summed E-state index contributed by atoms with van der Waals surface area (Å²) in [4.78, 5) is 17.3. The molecular weight excluding hydrogens is 581 g/mol. The van der Waals surface area contributed by atoms with Crippen LogP contribution in [0.4, 0.5) is 0 Å². The van der Waals surface area contributed by atoms with Gasteiger partial charge in [-0.05, 0) is 22.9 Å². The standard InChI is InChI=1S/C39H30N4S.C2H6/c1-25-12-6-7-15-27(22-25)38-41-37(26-13-4-3-5-14-26)42-39(43(38)2)32-20-11-21-34-35(32)31-19-10-18-30(36(31)44-34)33-24-40-23-28-16-8-9-17-29(28)33;1-2/h3-25,38H,1-2H3;1-2H3. The summed E-state index contributed by atoms with van der Waals surface area (Å²) in [6.45, 7) is 6.21. The average Bonchev–Trinajstić information content (AvgIpc) is 3.36. The van der Waals surface area contributed by atoms with Crippen molar-refractivity contribution < 1.29 is 0 Å². The zero-order valence-electron chi connectivity index (χ0n) is 26.6. The maximum atomic E-state index is 5.27. The molecule has 1 aliphatic heterocycles. The van der Waals surface area contributed by atoms with E-state index in [4.69, 9.17) is 9.98 Å². The summed E-state index contributed by atoms with van der Waals surface area (Å²) in [7, 11) is 2.12. The minimum Gasteiger partial charge on any atom is -0.333 e. The molecular formula is C41H36N4S. The van der Waals surface area contributed by atoms with Crippen LogP contribution in [0.15, 0.2) is 149 Å². The smallest absolute Gasteiger partial charge is 0.159 e. The van der Waals surface area contributed by atoms with Crippen molar-refractivity contribution in [1.29, 1.82) is 0 Å². The fraction of sp³-hybridized carbons (Fsp3) is 0.146. The first-order chi connectivity index (χ1) is 22.7. The number of aromatic nitrogens is 1. The predicted molar refractivity (Wildman–Crippen MR) is 198 cm³/mol. The van der Waals surface area contributed by atoms with Crippen LogP contribution < -0.4 is 0 Å². The molecule has 0 saturated heterocycles. The van der Waals surface area contributed by atoms with Gasteiger partial charge in [-0.15, -0.1) is 11.3 Å². The number of nitrogens with zero attached hydrogens (tertiary/aromatic N) is 4. The molecule has 2 aliphatic rings. The number of hydrogen-bond acceptors (Lipinski definition) is 5. The Hall–Kier alpha value is -5.13. The van der Waals surface area contributed by atoms with E-state index >= 15 is 0 Å². The molecule has 0 saturated carbocycles. The van der Waals surface area contributed by atoms with Gasteiger partial charge >= 0.3 is 0 Å². The number of fused-ring (bicyclic) bond motifs is 4.